The molecule has 0 saturated carbocycles. The van der Waals surface area contributed by atoms with Crippen LogP contribution in [0.15, 0.2) is 124 Å². The van der Waals surface area contributed by atoms with Gasteiger partial charge in [-0.2, -0.15) is 0 Å². The van der Waals surface area contributed by atoms with Crippen LogP contribution in [0.25, 0.3) is 33.4 Å². The molecule has 10 amide bonds. The number of carbonyl (C=O) groups excluding carboxylic acids is 10. The van der Waals surface area contributed by atoms with E-state index in [4.69, 9.17) is 13.9 Å². The van der Waals surface area contributed by atoms with Crippen molar-refractivity contribution in [2.45, 2.75) is 45.5 Å². The van der Waals surface area contributed by atoms with Gasteiger partial charge in [-0.3, -0.25) is 47.9 Å². The molecule has 6 aromatic heterocycles. The van der Waals surface area contributed by atoms with Gasteiger partial charge in [-0.15, -0.1) is 34.0 Å². The van der Waals surface area contributed by atoms with Crippen molar-refractivity contribution in [1.29, 1.82) is 0 Å². The number of carbonyl (C=O) groups is 11. The average molecular weight is 1230 g/mol. The fourth-order valence-corrected chi connectivity index (χ4v) is 9.16. The predicted molar refractivity (Wildman–Crippen MR) is 303 cm³/mol. The largest absolute Gasteiger partial charge is 0.477 e. The molecule has 0 fully saturated rings. The number of amides is 10. The maximum atomic E-state index is 13.8. The Kier molecular flexibility index (Phi) is 19.4. The van der Waals surface area contributed by atoms with Crippen LogP contribution in [0.1, 0.15) is 101 Å². The Morgan fingerprint density at radius 1 is 0.651 bits per heavy atom. The fourth-order valence-electron chi connectivity index (χ4n) is 6.81. The molecule has 3 unspecified atom stereocenters. The third-order valence-corrected chi connectivity index (χ3v) is 14.0. The average Bonchev–Trinajstić information content (AvgIpc) is 4.19. The van der Waals surface area contributed by atoms with Crippen molar-refractivity contribution in [2.75, 3.05) is 0 Å². The van der Waals surface area contributed by atoms with Gasteiger partial charge in [-0.05, 0) is 32.9 Å². The lowest BCUT2D eigenvalue weighted by molar-refractivity contribution is -0.134. The van der Waals surface area contributed by atoms with E-state index >= 15 is 0 Å². The molecule has 7 heterocycles. The number of hydrogen-bond acceptors (Lipinski definition) is 23. The highest BCUT2D eigenvalue weighted by atomic mass is 32.1. The summed E-state index contributed by atoms with van der Waals surface area (Å²) in [5.41, 5.74) is -4.74. The smallest absolute Gasteiger partial charge is 0.351 e. The minimum absolute atomic E-state index is 0.0187. The van der Waals surface area contributed by atoms with Crippen molar-refractivity contribution in [3.8, 4) is 22.0 Å². The van der Waals surface area contributed by atoms with Crippen LogP contribution in [0.2, 0.25) is 0 Å². The zero-order chi connectivity index (χ0) is 62.8. The number of hydrogen-bond donors (Lipinski definition) is 12. The van der Waals surface area contributed by atoms with Crippen LogP contribution in [0.5, 0.6) is 0 Å². The molecule has 34 heteroatoms. The molecule has 0 saturated heterocycles. The summed E-state index contributed by atoms with van der Waals surface area (Å²) < 4.78 is 11.1. The summed E-state index contributed by atoms with van der Waals surface area (Å²) in [4.78, 5) is 169. The minimum Gasteiger partial charge on any atom is -0.477 e. The topological polar surface area (TPSA) is 452 Å². The van der Waals surface area contributed by atoms with Gasteiger partial charge in [0.15, 0.2) is 5.69 Å². The second kappa shape index (κ2) is 26.8. The van der Waals surface area contributed by atoms with E-state index in [0.29, 0.717) is 10.0 Å². The highest BCUT2D eigenvalue weighted by molar-refractivity contribution is 7.13. The van der Waals surface area contributed by atoms with E-state index in [1.807, 2.05) is 10.6 Å². The van der Waals surface area contributed by atoms with Gasteiger partial charge in [0, 0.05) is 21.7 Å². The minimum atomic E-state index is -1.63. The van der Waals surface area contributed by atoms with Crippen molar-refractivity contribution < 1.29 is 71.8 Å². The molecule has 442 valence electrons. The number of pyridine rings is 1. The molecule has 31 nitrogen and oxygen atoms in total. The quantitative estimate of drug-likeness (QED) is 0.0862. The van der Waals surface area contributed by atoms with Gasteiger partial charge >= 0.3 is 5.97 Å². The van der Waals surface area contributed by atoms with E-state index in [0.717, 1.165) is 46.5 Å². The number of aromatic nitrogens is 6. The molecule has 0 aromatic carbocycles. The van der Waals surface area contributed by atoms with Crippen LogP contribution in [-0.2, 0) is 35.3 Å². The number of oxazole rings is 2. The monoisotopic (exact) mass is 1230 g/mol. The van der Waals surface area contributed by atoms with Gasteiger partial charge in [-0.25, -0.2) is 34.7 Å². The molecule has 1 aliphatic heterocycles. The van der Waals surface area contributed by atoms with Crippen LogP contribution >= 0.6 is 34.0 Å². The highest BCUT2D eigenvalue weighted by Crippen LogP contribution is 2.34. The van der Waals surface area contributed by atoms with Crippen LogP contribution < -0.4 is 53.2 Å². The molecule has 1 aliphatic rings. The number of aliphatic hydroxyl groups excluding tert-OH is 1. The summed E-state index contributed by atoms with van der Waals surface area (Å²) in [7, 11) is 0. The molecule has 0 aliphatic carbocycles. The number of allylic oxidation sites excluding steroid dienone is 1. The Hall–Kier alpha value is -11.2. The van der Waals surface area contributed by atoms with Crippen LogP contribution in [-0.4, -0.2) is 117 Å². The van der Waals surface area contributed by atoms with Gasteiger partial charge in [0.2, 0.25) is 17.7 Å². The normalized spacial score (nSPS) is 16.1. The molecule has 10 bridgehead atoms. The van der Waals surface area contributed by atoms with Crippen molar-refractivity contribution in [3.05, 3.63) is 165 Å². The van der Waals surface area contributed by atoms with Crippen LogP contribution in [0.3, 0.4) is 0 Å². The number of thiazole rings is 3. The molecule has 6 aromatic rings. The molecule has 3 atom stereocenters. The number of nitrogens with one attached hydrogen (secondary N) is 10. The van der Waals surface area contributed by atoms with Crippen LogP contribution in [0, 0.1) is 0 Å². The number of fused-ring (bicyclic) bond motifs is 13. The maximum Gasteiger partial charge on any atom is 0.351 e. The van der Waals surface area contributed by atoms with Crippen molar-refractivity contribution in [3.63, 3.8) is 0 Å². The summed E-state index contributed by atoms with van der Waals surface area (Å²) in [6, 6.07) is 0.142. The Morgan fingerprint density at radius 2 is 1.22 bits per heavy atom. The Bertz CT molecular complexity index is 3950. The first-order valence-electron chi connectivity index (χ1n) is 24.3. The molecule has 0 radical (unpaired) electrons. The number of aliphatic carboxylic acids is 1. The summed E-state index contributed by atoms with van der Waals surface area (Å²) in [6.07, 6.45) is 1.94. The lowest BCUT2D eigenvalue weighted by Crippen LogP contribution is -2.52. The van der Waals surface area contributed by atoms with E-state index in [1.165, 1.54) is 48.2 Å². The first-order chi connectivity index (χ1) is 40.7. The van der Waals surface area contributed by atoms with Gasteiger partial charge < -0.3 is 72.2 Å². The van der Waals surface area contributed by atoms with E-state index in [9.17, 15) is 57.8 Å². The third-order valence-electron chi connectivity index (χ3n) is 11.3. The first kappa shape index (κ1) is 62.4. The summed E-state index contributed by atoms with van der Waals surface area (Å²) in [5, 5.41) is 47.8. The summed E-state index contributed by atoms with van der Waals surface area (Å²) in [6.45, 7) is 25.0. The number of rotatable bonds is 10. The van der Waals surface area contributed by atoms with Crippen molar-refractivity contribution in [2.24, 2.45) is 0 Å². The first-order valence-corrected chi connectivity index (χ1v) is 26.9. The number of nitrogens with zero attached hydrogens (tertiary/aromatic N) is 6. The van der Waals surface area contributed by atoms with Crippen molar-refractivity contribution in [1.82, 2.24) is 83.1 Å². The number of aliphatic hydroxyl groups is 1. The predicted octanol–water partition coefficient (Wildman–Crippen LogP) is 1.40. The maximum absolute atomic E-state index is 13.8. The lowest BCUT2D eigenvalue weighted by Gasteiger charge is -2.20. The number of carboxylic acids is 1. The van der Waals surface area contributed by atoms with E-state index < -0.39 is 117 Å². The molecular formula is C52H46N16O15S3. The summed E-state index contributed by atoms with van der Waals surface area (Å²) >= 11 is 2.99. The SMILES string of the molecule is C=C(NC(=O)C(=C)NC(=O)C(=C)NC(=O)C(=C)NC(=O)c1ccc2c(n1)-c1coc(n1)C(=C)NC(=O)C(=C)NC(=O)c1csc(n1)C(C)NC(=O)c1csc(n1)CNC(=O)c1coc(n1)C(=CC)NC(=O)C(C(C)O)NC(=O)c1csc-2n1)C(=O)O. The molecule has 86 heavy (non-hydrogen) atoms. The molecular weight excluding hydrogens is 1180 g/mol. The van der Waals surface area contributed by atoms with E-state index in [2.05, 4.69) is 112 Å². The zero-order valence-electron chi connectivity index (χ0n) is 44.9. The standard InChI is InChI=1S/C52H46N16O15S3/c1-10-28-49-65-31(15-83-49)42(74)53-13-35-61-32(16-84-35)44(76)59-24(7)50-66-33(17-85-50)45(77)57-22(5)40(72)58-23(6)48-64-30(14-82-48)37-27(51-67-34(18-86-51)46(78)68-36(26(9)69)47(79)63-28)11-12-29(62-37)43(75)56-21(4)39(71)54-19(2)38(70)55-20(3)41(73)60-25(8)52(80)81/h10-12,14-18,24,26,36,69H,2-6,8,13H2,1,7,9H3,(H,53,74)(H,54,71)(H,55,70)(H,56,75)(H,57,77)(H,58,72)(H,59,76)(H,60,73)(H,63,79)(H,68,78)(H,80,81). The van der Waals surface area contributed by atoms with E-state index in [1.54, 1.807) is 6.92 Å². The second-order valence-electron chi connectivity index (χ2n) is 17.6. The zero-order valence-corrected chi connectivity index (χ0v) is 47.4. The Morgan fingerprint density at radius 3 is 1.88 bits per heavy atom. The van der Waals surface area contributed by atoms with Crippen LogP contribution in [0.4, 0.5) is 0 Å². The highest BCUT2D eigenvalue weighted by Gasteiger charge is 2.31. The molecule has 0 spiro atoms. The summed E-state index contributed by atoms with van der Waals surface area (Å²) in [5.74, 6) is -11.7. The van der Waals surface area contributed by atoms with E-state index in [-0.39, 0.29) is 74.5 Å². The Labute approximate surface area is 495 Å². The van der Waals surface area contributed by atoms with Gasteiger partial charge in [0.25, 0.3) is 53.2 Å². The molecule has 7 rings (SSSR count). The van der Waals surface area contributed by atoms with Gasteiger partial charge in [-0.1, -0.05) is 45.5 Å². The lowest BCUT2D eigenvalue weighted by atomic mass is 10.1. The molecule has 12 N–H and O–H groups in total. The van der Waals surface area contributed by atoms with Gasteiger partial charge in [0.05, 0.1) is 52.9 Å². The van der Waals surface area contributed by atoms with Crippen molar-refractivity contribution >= 4 is 110 Å². The number of carboxylic acid groups (broad SMARTS) is 1. The fraction of sp³-hybridized carbons (Fsp3) is 0.135. The third kappa shape index (κ3) is 15.1. The second-order valence-corrected chi connectivity index (χ2v) is 20.3. The van der Waals surface area contributed by atoms with Gasteiger partial charge in [0.1, 0.15) is 73.5 Å². The Balaban J connectivity index is 1.15.